The van der Waals surface area contributed by atoms with Gasteiger partial charge in [0.1, 0.15) is 0 Å². The van der Waals surface area contributed by atoms with Gasteiger partial charge >= 0.3 is 0 Å². The fourth-order valence-corrected chi connectivity index (χ4v) is 8.10. The standard InChI is InChI=1S/C23H31NOS/c1-14-10-15-11-16(25)6-8-22(15,2)19-7-9-23(3)17(20-12-24-13-26-20)4-5-18(23)21(14)19/h4,10,12-14,16,18-19,21,25H,5-9,11H2,1-3H3/t14?,16-,18-,19-,21-,22-,23+/m0/s1. The van der Waals surface area contributed by atoms with E-state index in [0.29, 0.717) is 16.7 Å². The number of thiazole rings is 1. The molecule has 0 aliphatic heterocycles. The van der Waals surface area contributed by atoms with Gasteiger partial charge in [-0.3, -0.25) is 4.98 Å². The van der Waals surface area contributed by atoms with E-state index >= 15 is 0 Å². The zero-order valence-electron chi connectivity index (χ0n) is 16.2. The Labute approximate surface area is 161 Å². The van der Waals surface area contributed by atoms with Crippen molar-refractivity contribution in [2.45, 2.75) is 65.4 Å². The summed E-state index contributed by atoms with van der Waals surface area (Å²) in [7, 11) is 0. The van der Waals surface area contributed by atoms with Crippen LogP contribution in [0.25, 0.3) is 5.57 Å². The lowest BCUT2D eigenvalue weighted by Gasteiger charge is -2.59. The highest BCUT2D eigenvalue weighted by Gasteiger charge is 2.58. The number of allylic oxidation sites excluding steroid dienone is 3. The maximum Gasteiger partial charge on any atom is 0.0797 e. The molecule has 2 saturated carbocycles. The first-order valence-corrected chi connectivity index (χ1v) is 11.3. The van der Waals surface area contributed by atoms with Crippen molar-refractivity contribution in [1.29, 1.82) is 0 Å². The van der Waals surface area contributed by atoms with E-state index in [1.807, 2.05) is 5.51 Å². The lowest BCUT2D eigenvalue weighted by molar-refractivity contribution is -0.0425. The monoisotopic (exact) mass is 369 g/mol. The van der Waals surface area contributed by atoms with Gasteiger partial charge in [0, 0.05) is 6.20 Å². The predicted molar refractivity (Wildman–Crippen MR) is 108 cm³/mol. The molecular weight excluding hydrogens is 338 g/mol. The number of hydrogen-bond acceptors (Lipinski definition) is 3. The van der Waals surface area contributed by atoms with Crippen LogP contribution in [0.4, 0.5) is 0 Å². The Morgan fingerprint density at radius 3 is 2.73 bits per heavy atom. The van der Waals surface area contributed by atoms with Crippen molar-refractivity contribution in [3.63, 3.8) is 0 Å². The fourth-order valence-electron chi connectivity index (χ4n) is 7.30. The summed E-state index contributed by atoms with van der Waals surface area (Å²) >= 11 is 1.80. The molecule has 3 heteroatoms. The summed E-state index contributed by atoms with van der Waals surface area (Å²) in [6.45, 7) is 7.50. The van der Waals surface area contributed by atoms with Gasteiger partial charge in [-0.05, 0) is 78.6 Å². The molecule has 26 heavy (non-hydrogen) atoms. The number of aliphatic hydroxyl groups excluding tert-OH is 1. The Morgan fingerprint density at radius 2 is 1.96 bits per heavy atom. The van der Waals surface area contributed by atoms with Crippen molar-refractivity contribution in [2.75, 3.05) is 0 Å². The molecule has 0 spiro atoms. The molecule has 2 fully saturated rings. The largest absolute Gasteiger partial charge is 0.393 e. The van der Waals surface area contributed by atoms with Crippen molar-refractivity contribution in [2.24, 2.45) is 34.5 Å². The minimum atomic E-state index is -0.113. The lowest BCUT2D eigenvalue weighted by Crippen LogP contribution is -2.52. The minimum Gasteiger partial charge on any atom is -0.393 e. The number of aromatic nitrogens is 1. The van der Waals surface area contributed by atoms with Crippen LogP contribution in [0.3, 0.4) is 0 Å². The third-order valence-electron chi connectivity index (χ3n) is 8.69. The first-order valence-electron chi connectivity index (χ1n) is 10.4. The molecule has 1 aromatic heterocycles. The zero-order valence-corrected chi connectivity index (χ0v) is 17.1. The third kappa shape index (κ3) is 2.22. The van der Waals surface area contributed by atoms with E-state index in [1.54, 1.807) is 22.5 Å². The highest BCUT2D eigenvalue weighted by Crippen LogP contribution is 2.67. The summed E-state index contributed by atoms with van der Waals surface area (Å²) < 4.78 is 0. The maximum absolute atomic E-state index is 10.2. The van der Waals surface area contributed by atoms with Crippen LogP contribution >= 0.6 is 11.3 Å². The molecule has 0 saturated heterocycles. The van der Waals surface area contributed by atoms with Crippen molar-refractivity contribution in [1.82, 2.24) is 4.98 Å². The van der Waals surface area contributed by atoms with Crippen LogP contribution in [0.15, 0.2) is 29.4 Å². The molecule has 4 aliphatic rings. The second-order valence-electron chi connectivity index (χ2n) is 9.83. The van der Waals surface area contributed by atoms with Gasteiger partial charge in [-0.25, -0.2) is 0 Å². The van der Waals surface area contributed by atoms with Crippen molar-refractivity contribution >= 4 is 16.9 Å². The Morgan fingerprint density at radius 1 is 1.15 bits per heavy atom. The van der Waals surface area contributed by atoms with Gasteiger partial charge in [0.15, 0.2) is 0 Å². The molecule has 0 radical (unpaired) electrons. The van der Waals surface area contributed by atoms with Crippen LogP contribution in [-0.4, -0.2) is 16.2 Å². The molecule has 0 amide bonds. The highest BCUT2D eigenvalue weighted by molar-refractivity contribution is 7.10. The van der Waals surface area contributed by atoms with Gasteiger partial charge in [-0.15, -0.1) is 11.3 Å². The maximum atomic E-state index is 10.2. The molecule has 140 valence electrons. The Hall–Kier alpha value is -0.930. The van der Waals surface area contributed by atoms with E-state index in [4.69, 9.17) is 0 Å². The van der Waals surface area contributed by atoms with E-state index < -0.39 is 0 Å². The highest BCUT2D eigenvalue weighted by atomic mass is 32.1. The summed E-state index contributed by atoms with van der Waals surface area (Å²) in [4.78, 5) is 5.74. The second kappa shape index (κ2) is 5.78. The van der Waals surface area contributed by atoms with Gasteiger partial charge in [-0.1, -0.05) is 38.5 Å². The van der Waals surface area contributed by atoms with Gasteiger partial charge < -0.3 is 5.11 Å². The predicted octanol–water partition coefficient (Wildman–Crippen LogP) is 5.71. The molecule has 0 aromatic carbocycles. The van der Waals surface area contributed by atoms with Crippen LogP contribution < -0.4 is 0 Å². The van der Waals surface area contributed by atoms with Crippen molar-refractivity contribution < 1.29 is 5.11 Å². The number of nitrogens with zero attached hydrogens (tertiary/aromatic N) is 1. The molecule has 1 aromatic rings. The number of rotatable bonds is 1. The number of fused-ring (bicyclic) bond motifs is 5. The normalized spacial score (nSPS) is 47.5. The van der Waals surface area contributed by atoms with Gasteiger partial charge in [-0.2, -0.15) is 0 Å². The smallest absolute Gasteiger partial charge is 0.0797 e. The van der Waals surface area contributed by atoms with E-state index in [-0.39, 0.29) is 6.10 Å². The van der Waals surface area contributed by atoms with Crippen LogP contribution in [-0.2, 0) is 0 Å². The molecule has 1 unspecified atom stereocenters. The first-order chi connectivity index (χ1) is 12.4. The van der Waals surface area contributed by atoms with E-state index in [1.165, 1.54) is 30.6 Å². The van der Waals surface area contributed by atoms with Gasteiger partial charge in [0.2, 0.25) is 0 Å². The van der Waals surface area contributed by atoms with Crippen LogP contribution in [0.2, 0.25) is 0 Å². The zero-order chi connectivity index (χ0) is 18.1. The first kappa shape index (κ1) is 17.2. The summed E-state index contributed by atoms with van der Waals surface area (Å²) in [6, 6.07) is 0. The fraction of sp³-hybridized carbons (Fsp3) is 0.696. The molecule has 1 N–H and O–H groups in total. The van der Waals surface area contributed by atoms with Gasteiger partial charge in [0.25, 0.3) is 0 Å². The molecule has 4 aliphatic carbocycles. The van der Waals surface area contributed by atoms with Crippen LogP contribution in [0.5, 0.6) is 0 Å². The Balaban J connectivity index is 1.52. The molecule has 7 atom stereocenters. The summed E-state index contributed by atoms with van der Waals surface area (Å²) in [5.74, 6) is 2.96. The van der Waals surface area contributed by atoms with E-state index in [2.05, 4.69) is 44.1 Å². The van der Waals surface area contributed by atoms with Crippen molar-refractivity contribution in [3.8, 4) is 0 Å². The molecular formula is C23H31NOS. The third-order valence-corrected chi connectivity index (χ3v) is 9.49. The second-order valence-corrected chi connectivity index (χ2v) is 10.7. The average molecular weight is 370 g/mol. The van der Waals surface area contributed by atoms with E-state index in [0.717, 1.165) is 30.6 Å². The number of hydrogen-bond donors (Lipinski definition) is 1. The van der Waals surface area contributed by atoms with Crippen LogP contribution in [0.1, 0.15) is 64.2 Å². The molecule has 5 rings (SSSR count). The molecule has 2 nitrogen and oxygen atoms in total. The lowest BCUT2D eigenvalue weighted by atomic mass is 9.45. The summed E-state index contributed by atoms with van der Waals surface area (Å²) in [5.41, 5.74) is 5.77. The quantitative estimate of drug-likeness (QED) is 0.644. The van der Waals surface area contributed by atoms with Crippen LogP contribution in [0, 0.1) is 34.5 Å². The van der Waals surface area contributed by atoms with E-state index in [9.17, 15) is 5.11 Å². The summed E-state index contributed by atoms with van der Waals surface area (Å²) in [5, 5.41) is 10.2. The van der Waals surface area contributed by atoms with Gasteiger partial charge in [0.05, 0.1) is 16.5 Å². The van der Waals surface area contributed by atoms with Crippen molar-refractivity contribution in [3.05, 3.63) is 34.3 Å². The minimum absolute atomic E-state index is 0.113. The number of aliphatic hydroxyl groups is 1. The molecule has 1 heterocycles. The molecule has 0 bridgehead atoms. The Kier molecular flexibility index (Phi) is 3.82. The Bertz CT molecular complexity index is 765. The SMILES string of the molecule is CC1C=C2C[C@@H](O)CC[C@]2(C)[C@H]2CC[C@]3(C)C(c4cncs4)=CC[C@H]3[C@H]12. The topological polar surface area (TPSA) is 33.1 Å². The average Bonchev–Trinajstić information content (AvgIpc) is 3.23. The summed E-state index contributed by atoms with van der Waals surface area (Å²) in [6.07, 6.45) is 14.0.